The second-order valence-corrected chi connectivity index (χ2v) is 3.50. The molecule has 86 valence electrons. The molecule has 1 fully saturated rings. The van der Waals surface area contributed by atoms with Crippen LogP contribution in [0.4, 0.5) is 0 Å². The normalized spacial score (nSPS) is 15.8. The molecule has 0 aliphatic carbocycles. The van der Waals surface area contributed by atoms with Crippen molar-refractivity contribution in [1.82, 2.24) is 10.2 Å². The van der Waals surface area contributed by atoms with E-state index in [9.17, 15) is 9.59 Å². The van der Waals surface area contributed by atoms with Crippen molar-refractivity contribution in [2.24, 2.45) is 5.90 Å². The molecule has 1 aliphatic rings. The van der Waals surface area contributed by atoms with E-state index in [1.807, 2.05) is 4.90 Å². The van der Waals surface area contributed by atoms with E-state index in [0.717, 1.165) is 19.4 Å². The number of rotatable bonds is 6. The monoisotopic (exact) mass is 215 g/mol. The first-order chi connectivity index (χ1) is 7.24. The Bertz CT molecular complexity index is 233. The standard InChI is InChI=1S/C9H17N3O3/c10-15-7-8(13)11-4-2-6-12-5-1-3-9(12)14/h1-7,10H2,(H,11,13). The molecule has 1 aliphatic heterocycles. The molecule has 1 heterocycles. The maximum absolute atomic E-state index is 11.2. The molecular weight excluding hydrogens is 198 g/mol. The highest BCUT2D eigenvalue weighted by Crippen LogP contribution is 2.09. The summed E-state index contributed by atoms with van der Waals surface area (Å²) in [5, 5.41) is 2.64. The van der Waals surface area contributed by atoms with Crippen molar-refractivity contribution in [3.8, 4) is 0 Å². The van der Waals surface area contributed by atoms with Gasteiger partial charge in [0, 0.05) is 26.1 Å². The quantitative estimate of drug-likeness (QED) is 0.440. The second-order valence-electron chi connectivity index (χ2n) is 3.50. The van der Waals surface area contributed by atoms with E-state index < -0.39 is 0 Å². The lowest BCUT2D eigenvalue weighted by Gasteiger charge is -2.15. The Labute approximate surface area is 88.7 Å². The van der Waals surface area contributed by atoms with Crippen LogP contribution in [0, 0.1) is 0 Å². The molecule has 3 N–H and O–H groups in total. The Morgan fingerprint density at radius 2 is 2.40 bits per heavy atom. The number of amides is 2. The fraction of sp³-hybridized carbons (Fsp3) is 0.778. The maximum Gasteiger partial charge on any atom is 0.248 e. The molecule has 2 amide bonds. The molecule has 6 heteroatoms. The lowest BCUT2D eigenvalue weighted by molar-refractivity contribution is -0.127. The molecule has 0 aromatic rings. The van der Waals surface area contributed by atoms with Gasteiger partial charge in [0.15, 0.2) is 0 Å². The predicted octanol–water partition coefficient (Wildman–Crippen LogP) is -0.995. The van der Waals surface area contributed by atoms with Gasteiger partial charge in [-0.1, -0.05) is 0 Å². The minimum Gasteiger partial charge on any atom is -0.354 e. The highest BCUT2D eigenvalue weighted by Gasteiger charge is 2.18. The van der Waals surface area contributed by atoms with Crippen LogP contribution in [0.2, 0.25) is 0 Å². The molecule has 0 aromatic heterocycles. The van der Waals surface area contributed by atoms with Gasteiger partial charge in [0.1, 0.15) is 6.61 Å². The van der Waals surface area contributed by atoms with E-state index in [1.54, 1.807) is 0 Å². The zero-order valence-corrected chi connectivity index (χ0v) is 8.70. The minimum absolute atomic E-state index is 0.122. The molecule has 6 nitrogen and oxygen atoms in total. The molecule has 0 radical (unpaired) electrons. The number of carbonyl (C=O) groups is 2. The van der Waals surface area contributed by atoms with Crippen molar-refractivity contribution in [3.63, 3.8) is 0 Å². The number of hydrogen-bond acceptors (Lipinski definition) is 4. The van der Waals surface area contributed by atoms with Crippen molar-refractivity contribution in [2.75, 3.05) is 26.2 Å². The largest absolute Gasteiger partial charge is 0.354 e. The summed E-state index contributed by atoms with van der Waals surface area (Å²) in [6, 6.07) is 0. The molecular formula is C9H17N3O3. The average Bonchev–Trinajstić information content (AvgIpc) is 2.60. The molecule has 1 saturated heterocycles. The SMILES string of the molecule is NOCC(=O)NCCCN1CCCC1=O. The third kappa shape index (κ3) is 4.26. The third-order valence-corrected chi connectivity index (χ3v) is 2.31. The highest BCUT2D eigenvalue weighted by molar-refractivity contribution is 5.78. The Hall–Kier alpha value is -1.14. The fourth-order valence-corrected chi connectivity index (χ4v) is 1.56. The van der Waals surface area contributed by atoms with Crippen LogP contribution in [0.25, 0.3) is 0 Å². The van der Waals surface area contributed by atoms with Gasteiger partial charge in [-0.05, 0) is 12.8 Å². The van der Waals surface area contributed by atoms with E-state index in [-0.39, 0.29) is 18.4 Å². The third-order valence-electron chi connectivity index (χ3n) is 2.31. The molecule has 15 heavy (non-hydrogen) atoms. The van der Waals surface area contributed by atoms with Crippen LogP contribution in [0.15, 0.2) is 0 Å². The van der Waals surface area contributed by atoms with Gasteiger partial charge < -0.3 is 10.2 Å². The van der Waals surface area contributed by atoms with Crippen molar-refractivity contribution in [3.05, 3.63) is 0 Å². The number of nitrogens with one attached hydrogen (secondary N) is 1. The number of likely N-dealkylation sites (tertiary alicyclic amines) is 1. The second kappa shape index (κ2) is 6.36. The summed E-state index contributed by atoms with van der Waals surface area (Å²) >= 11 is 0. The number of nitrogens with two attached hydrogens (primary N) is 1. The van der Waals surface area contributed by atoms with E-state index in [4.69, 9.17) is 5.90 Å². The molecule has 0 atom stereocenters. The summed E-state index contributed by atoms with van der Waals surface area (Å²) in [5.74, 6) is 4.72. The molecule has 0 spiro atoms. The highest BCUT2D eigenvalue weighted by atomic mass is 16.6. The summed E-state index contributed by atoms with van der Waals surface area (Å²) < 4.78 is 0. The smallest absolute Gasteiger partial charge is 0.248 e. The number of nitrogens with zero attached hydrogens (tertiary/aromatic N) is 1. The molecule has 0 saturated carbocycles. The van der Waals surface area contributed by atoms with Crippen LogP contribution in [0.3, 0.4) is 0 Å². The van der Waals surface area contributed by atoms with Crippen molar-refractivity contribution < 1.29 is 14.4 Å². The summed E-state index contributed by atoms with van der Waals surface area (Å²) in [6.45, 7) is 1.98. The van der Waals surface area contributed by atoms with Crippen molar-refractivity contribution in [2.45, 2.75) is 19.3 Å². The zero-order valence-electron chi connectivity index (χ0n) is 8.70. The average molecular weight is 215 g/mol. The van der Waals surface area contributed by atoms with Gasteiger partial charge in [-0.25, -0.2) is 5.90 Å². The summed E-state index contributed by atoms with van der Waals surface area (Å²) in [5.41, 5.74) is 0. The summed E-state index contributed by atoms with van der Waals surface area (Å²) in [6.07, 6.45) is 2.38. The molecule has 0 bridgehead atoms. The lowest BCUT2D eigenvalue weighted by atomic mass is 10.4. The van der Waals surface area contributed by atoms with E-state index in [0.29, 0.717) is 19.5 Å². The van der Waals surface area contributed by atoms with Crippen LogP contribution < -0.4 is 11.2 Å². The Morgan fingerprint density at radius 3 is 3.00 bits per heavy atom. The molecule has 0 aromatic carbocycles. The summed E-state index contributed by atoms with van der Waals surface area (Å²) in [7, 11) is 0. The summed E-state index contributed by atoms with van der Waals surface area (Å²) in [4.78, 5) is 28.1. The zero-order chi connectivity index (χ0) is 11.1. The Kier molecular flexibility index (Phi) is 5.06. The first kappa shape index (κ1) is 11.9. The van der Waals surface area contributed by atoms with Gasteiger partial charge in [0.05, 0.1) is 0 Å². The fourth-order valence-electron chi connectivity index (χ4n) is 1.56. The van der Waals surface area contributed by atoms with Gasteiger partial charge >= 0.3 is 0 Å². The van der Waals surface area contributed by atoms with E-state index in [2.05, 4.69) is 10.2 Å². The van der Waals surface area contributed by atoms with Crippen LogP contribution in [-0.2, 0) is 14.4 Å². The Balaban J connectivity index is 2.01. The van der Waals surface area contributed by atoms with Crippen LogP contribution in [0.1, 0.15) is 19.3 Å². The number of hydrogen-bond donors (Lipinski definition) is 2. The van der Waals surface area contributed by atoms with Gasteiger partial charge in [-0.3, -0.25) is 14.4 Å². The van der Waals surface area contributed by atoms with Gasteiger partial charge in [0.25, 0.3) is 0 Å². The van der Waals surface area contributed by atoms with Crippen LogP contribution in [0.5, 0.6) is 0 Å². The lowest BCUT2D eigenvalue weighted by Crippen LogP contribution is -2.32. The van der Waals surface area contributed by atoms with Crippen LogP contribution >= 0.6 is 0 Å². The number of carbonyl (C=O) groups excluding carboxylic acids is 2. The molecule has 1 rings (SSSR count). The van der Waals surface area contributed by atoms with Crippen molar-refractivity contribution >= 4 is 11.8 Å². The van der Waals surface area contributed by atoms with Crippen LogP contribution in [-0.4, -0.2) is 43.0 Å². The Morgan fingerprint density at radius 1 is 1.60 bits per heavy atom. The predicted molar refractivity (Wildman–Crippen MR) is 53.6 cm³/mol. The topological polar surface area (TPSA) is 84.7 Å². The van der Waals surface area contributed by atoms with E-state index in [1.165, 1.54) is 0 Å². The maximum atomic E-state index is 11.2. The first-order valence-electron chi connectivity index (χ1n) is 5.10. The van der Waals surface area contributed by atoms with E-state index >= 15 is 0 Å². The van der Waals surface area contributed by atoms with Crippen molar-refractivity contribution in [1.29, 1.82) is 0 Å². The van der Waals surface area contributed by atoms with Gasteiger partial charge in [0.2, 0.25) is 11.8 Å². The minimum atomic E-state index is -0.231. The van der Waals surface area contributed by atoms with Gasteiger partial charge in [-0.2, -0.15) is 0 Å². The first-order valence-corrected chi connectivity index (χ1v) is 5.10. The molecule has 0 unspecified atom stereocenters. The van der Waals surface area contributed by atoms with Gasteiger partial charge in [-0.15, -0.1) is 0 Å².